The molecule has 0 bridgehead atoms. The minimum atomic E-state index is -4.89. The second-order valence-electron chi connectivity index (χ2n) is 7.52. The van der Waals surface area contributed by atoms with Gasteiger partial charge in [-0.25, -0.2) is 17.8 Å². The van der Waals surface area contributed by atoms with Crippen LogP contribution in [0.25, 0.3) is 22.4 Å². The van der Waals surface area contributed by atoms with Crippen molar-refractivity contribution in [2.75, 3.05) is 5.73 Å². The van der Waals surface area contributed by atoms with Gasteiger partial charge in [-0.2, -0.15) is 17.9 Å². The van der Waals surface area contributed by atoms with Crippen molar-refractivity contribution in [3.8, 4) is 22.4 Å². The fourth-order valence-corrected chi connectivity index (χ4v) is 4.94. The van der Waals surface area contributed by atoms with Crippen molar-refractivity contribution in [2.45, 2.75) is 17.1 Å². The first kappa shape index (κ1) is 24.3. The summed E-state index contributed by atoms with van der Waals surface area (Å²) < 4.78 is 84.2. The topological polar surface area (TPSA) is 98.0 Å². The number of anilines is 1. The Bertz CT molecular complexity index is 1440. The number of nitrogens with zero attached hydrogens (tertiary/aromatic N) is 2. The molecule has 0 unspecified atom stereocenters. The summed E-state index contributed by atoms with van der Waals surface area (Å²) in [5, 5.41) is 0. The van der Waals surface area contributed by atoms with E-state index in [-0.39, 0.29) is 33.8 Å². The van der Waals surface area contributed by atoms with E-state index in [1.54, 1.807) is 4.72 Å². The van der Waals surface area contributed by atoms with Gasteiger partial charge < -0.3 is 5.73 Å². The molecule has 3 N–H and O–H groups in total. The standard InChI is InChI=1S/C24H18F4N4O2S/c25-19-12-16(10-11-18(19)20-13-31-22(29)14-30-20)17-8-4-5-9-21(17)35(33,34)32-23(24(26,27)28)15-6-2-1-3-7-15/h1-14,23,32H,(H2,29,31)/t23-/m1/s1. The van der Waals surface area contributed by atoms with Crippen LogP contribution in [0.3, 0.4) is 0 Å². The Labute approximate surface area is 198 Å². The third-order valence-corrected chi connectivity index (χ3v) is 6.62. The SMILES string of the molecule is Nc1cnc(-c2ccc(-c3ccccc3S(=O)(=O)N[C@H](c3ccccc3)C(F)(F)F)cc2F)cn1. The second-order valence-corrected chi connectivity index (χ2v) is 9.21. The molecule has 0 saturated heterocycles. The molecule has 0 saturated carbocycles. The van der Waals surface area contributed by atoms with E-state index in [9.17, 15) is 26.0 Å². The maximum absolute atomic E-state index is 14.9. The Morgan fingerprint density at radius 3 is 2.17 bits per heavy atom. The number of benzene rings is 3. The molecule has 1 aromatic heterocycles. The van der Waals surface area contributed by atoms with E-state index in [4.69, 9.17) is 5.73 Å². The largest absolute Gasteiger partial charge is 0.408 e. The van der Waals surface area contributed by atoms with Crippen molar-refractivity contribution in [1.82, 2.24) is 14.7 Å². The van der Waals surface area contributed by atoms with Crippen molar-refractivity contribution in [1.29, 1.82) is 0 Å². The molecule has 35 heavy (non-hydrogen) atoms. The number of alkyl halides is 3. The summed E-state index contributed by atoms with van der Waals surface area (Å²) >= 11 is 0. The molecule has 0 aliphatic heterocycles. The minimum Gasteiger partial charge on any atom is -0.382 e. The third kappa shape index (κ3) is 5.31. The van der Waals surface area contributed by atoms with Crippen LogP contribution in [0.2, 0.25) is 0 Å². The molecule has 0 radical (unpaired) electrons. The van der Waals surface area contributed by atoms with Crippen LogP contribution in [-0.2, 0) is 10.0 Å². The van der Waals surface area contributed by atoms with Gasteiger partial charge in [-0.1, -0.05) is 54.6 Å². The maximum atomic E-state index is 14.9. The van der Waals surface area contributed by atoms with Gasteiger partial charge in [0.15, 0.2) is 0 Å². The van der Waals surface area contributed by atoms with Gasteiger partial charge in [-0.15, -0.1) is 0 Å². The van der Waals surface area contributed by atoms with Crippen molar-refractivity contribution in [2.24, 2.45) is 0 Å². The highest BCUT2D eigenvalue weighted by Crippen LogP contribution is 2.36. The molecule has 0 spiro atoms. The van der Waals surface area contributed by atoms with Gasteiger partial charge in [0.2, 0.25) is 10.0 Å². The van der Waals surface area contributed by atoms with E-state index < -0.39 is 33.0 Å². The lowest BCUT2D eigenvalue weighted by molar-refractivity contribution is -0.153. The highest BCUT2D eigenvalue weighted by Gasteiger charge is 2.43. The average molecular weight is 502 g/mol. The Hall–Kier alpha value is -3.83. The summed E-state index contributed by atoms with van der Waals surface area (Å²) in [7, 11) is -4.68. The van der Waals surface area contributed by atoms with Crippen LogP contribution in [0, 0.1) is 5.82 Å². The second kappa shape index (κ2) is 9.43. The Balaban J connectivity index is 1.73. The van der Waals surface area contributed by atoms with Crippen LogP contribution < -0.4 is 10.5 Å². The maximum Gasteiger partial charge on any atom is 0.408 e. The monoisotopic (exact) mass is 502 g/mol. The Morgan fingerprint density at radius 1 is 0.857 bits per heavy atom. The van der Waals surface area contributed by atoms with Crippen molar-refractivity contribution in [3.63, 3.8) is 0 Å². The Morgan fingerprint density at radius 2 is 1.54 bits per heavy atom. The number of halogens is 4. The first-order valence-corrected chi connectivity index (χ1v) is 11.7. The number of rotatable bonds is 6. The van der Waals surface area contributed by atoms with Crippen molar-refractivity contribution in [3.05, 3.63) is 96.6 Å². The number of nitrogen functional groups attached to an aromatic ring is 1. The van der Waals surface area contributed by atoms with Crippen LogP contribution in [0.4, 0.5) is 23.4 Å². The van der Waals surface area contributed by atoms with Gasteiger partial charge in [0.1, 0.15) is 17.7 Å². The van der Waals surface area contributed by atoms with Crippen LogP contribution in [0.1, 0.15) is 11.6 Å². The molecule has 0 aliphatic carbocycles. The van der Waals surface area contributed by atoms with Gasteiger partial charge >= 0.3 is 6.18 Å². The third-order valence-electron chi connectivity index (χ3n) is 5.14. The number of nitrogens with two attached hydrogens (primary N) is 1. The van der Waals surface area contributed by atoms with Crippen LogP contribution >= 0.6 is 0 Å². The predicted octanol–water partition coefficient (Wildman–Crippen LogP) is 5.11. The van der Waals surface area contributed by atoms with Crippen molar-refractivity contribution >= 4 is 15.8 Å². The zero-order valence-corrected chi connectivity index (χ0v) is 18.7. The van der Waals surface area contributed by atoms with E-state index in [2.05, 4.69) is 9.97 Å². The summed E-state index contributed by atoms with van der Waals surface area (Å²) in [4.78, 5) is 7.45. The van der Waals surface area contributed by atoms with Gasteiger partial charge in [0, 0.05) is 11.1 Å². The molecule has 1 heterocycles. The van der Waals surface area contributed by atoms with Crippen LogP contribution in [0.15, 0.2) is 90.1 Å². The van der Waals surface area contributed by atoms with Gasteiger partial charge in [-0.05, 0) is 29.3 Å². The fraction of sp³-hybridized carbons (Fsp3) is 0.0833. The van der Waals surface area contributed by atoms with E-state index in [0.717, 1.165) is 12.1 Å². The summed E-state index contributed by atoms with van der Waals surface area (Å²) in [6, 6.07) is 13.5. The first-order valence-electron chi connectivity index (χ1n) is 10.2. The van der Waals surface area contributed by atoms with Gasteiger partial charge in [0.25, 0.3) is 0 Å². The highest BCUT2D eigenvalue weighted by atomic mass is 32.2. The molecule has 0 aliphatic rings. The fourth-order valence-electron chi connectivity index (χ4n) is 3.49. The first-order chi connectivity index (χ1) is 16.6. The minimum absolute atomic E-state index is 0.0304. The smallest absolute Gasteiger partial charge is 0.382 e. The number of sulfonamides is 1. The van der Waals surface area contributed by atoms with Gasteiger partial charge in [-0.3, -0.25) is 4.98 Å². The van der Waals surface area contributed by atoms with E-state index in [1.807, 2.05) is 0 Å². The summed E-state index contributed by atoms with van der Waals surface area (Å²) in [5.74, 6) is -0.565. The number of nitrogens with one attached hydrogen (secondary N) is 1. The number of hydrogen-bond acceptors (Lipinski definition) is 5. The molecular weight excluding hydrogens is 484 g/mol. The molecular formula is C24H18F4N4O2S. The molecule has 0 amide bonds. The van der Waals surface area contributed by atoms with E-state index >= 15 is 0 Å². The summed E-state index contributed by atoms with van der Waals surface area (Å²) in [5.41, 5.74) is 5.73. The van der Waals surface area contributed by atoms with Crippen LogP contribution in [-0.4, -0.2) is 24.6 Å². The number of aromatic nitrogens is 2. The lowest BCUT2D eigenvalue weighted by Crippen LogP contribution is -2.38. The molecule has 4 aromatic rings. The van der Waals surface area contributed by atoms with E-state index in [0.29, 0.717) is 0 Å². The molecule has 11 heteroatoms. The average Bonchev–Trinajstić information content (AvgIpc) is 2.83. The molecule has 180 valence electrons. The van der Waals surface area contributed by atoms with E-state index in [1.165, 1.54) is 73.1 Å². The molecule has 0 fully saturated rings. The highest BCUT2D eigenvalue weighted by molar-refractivity contribution is 7.89. The predicted molar refractivity (Wildman–Crippen MR) is 123 cm³/mol. The quantitative estimate of drug-likeness (QED) is 0.357. The molecule has 3 aromatic carbocycles. The lowest BCUT2D eigenvalue weighted by Gasteiger charge is -2.23. The summed E-state index contributed by atoms with van der Waals surface area (Å²) in [6.45, 7) is 0. The van der Waals surface area contributed by atoms with Gasteiger partial charge in [0.05, 0.1) is 23.0 Å². The van der Waals surface area contributed by atoms with Crippen molar-refractivity contribution < 1.29 is 26.0 Å². The zero-order chi connectivity index (χ0) is 25.2. The lowest BCUT2D eigenvalue weighted by atomic mass is 10.0. The van der Waals surface area contributed by atoms with Crippen LogP contribution in [0.5, 0.6) is 0 Å². The zero-order valence-electron chi connectivity index (χ0n) is 17.9. The number of hydrogen-bond donors (Lipinski definition) is 2. The Kier molecular flexibility index (Phi) is 6.55. The molecule has 4 rings (SSSR count). The summed E-state index contributed by atoms with van der Waals surface area (Å²) in [6.07, 6.45) is -2.34. The normalized spacial score (nSPS) is 12.9. The molecule has 6 nitrogen and oxygen atoms in total. The molecule has 1 atom stereocenters.